The quantitative estimate of drug-likeness (QED) is 0.644. The molecule has 1 rings (SSSR count). The third-order valence-corrected chi connectivity index (χ3v) is 2.63. The zero-order valence-electron chi connectivity index (χ0n) is 9.16. The Morgan fingerprint density at radius 3 is 2.62 bits per heavy atom. The van der Waals surface area contributed by atoms with Gasteiger partial charge in [-0.3, -0.25) is 10.2 Å². The summed E-state index contributed by atoms with van der Waals surface area (Å²) in [4.78, 5) is 10.8. The Morgan fingerprint density at radius 1 is 1.50 bits per heavy atom. The van der Waals surface area contributed by atoms with Gasteiger partial charge in [0, 0.05) is 11.4 Å². The second-order valence-corrected chi connectivity index (χ2v) is 4.37. The van der Waals surface area contributed by atoms with Crippen molar-refractivity contribution in [1.82, 2.24) is 10.9 Å². The van der Waals surface area contributed by atoms with Crippen LogP contribution in [0.2, 0.25) is 0 Å². The van der Waals surface area contributed by atoms with Gasteiger partial charge in [-0.15, -0.1) is 6.58 Å². The first-order chi connectivity index (χ1) is 7.63. The van der Waals surface area contributed by atoms with E-state index in [1.54, 1.807) is 0 Å². The second kappa shape index (κ2) is 6.45. The summed E-state index contributed by atoms with van der Waals surface area (Å²) in [6.45, 7) is 5.18. The van der Waals surface area contributed by atoms with Crippen molar-refractivity contribution in [3.63, 3.8) is 0 Å². The largest absolute Gasteiger partial charge is 0.291 e. The van der Waals surface area contributed by atoms with Crippen molar-refractivity contribution >= 4 is 21.8 Å². The van der Waals surface area contributed by atoms with E-state index in [0.717, 1.165) is 16.5 Å². The highest BCUT2D eigenvalue weighted by atomic mass is 79.9. The fraction of sp³-hybridized carbons (Fsp3) is 0.250. The van der Waals surface area contributed by atoms with E-state index in [2.05, 4.69) is 33.4 Å². The minimum Gasteiger partial charge on any atom is -0.291 e. The van der Waals surface area contributed by atoms with Crippen LogP contribution in [0.5, 0.6) is 0 Å². The summed E-state index contributed by atoms with van der Waals surface area (Å²) < 4.78 is 1.04. The van der Waals surface area contributed by atoms with Gasteiger partial charge in [-0.2, -0.15) is 0 Å². The van der Waals surface area contributed by atoms with Gasteiger partial charge < -0.3 is 0 Å². The van der Waals surface area contributed by atoms with Crippen LogP contribution >= 0.6 is 15.9 Å². The fourth-order valence-corrected chi connectivity index (χ4v) is 1.59. The smallest absolute Gasteiger partial charge is 0.230 e. The van der Waals surface area contributed by atoms with E-state index in [-0.39, 0.29) is 11.9 Å². The number of hydrogen-bond donors (Lipinski definition) is 2. The van der Waals surface area contributed by atoms with Gasteiger partial charge in [0.1, 0.15) is 0 Å². The fourth-order valence-electron chi connectivity index (χ4n) is 1.33. The number of hydrogen-bond acceptors (Lipinski definition) is 2. The van der Waals surface area contributed by atoms with Crippen LogP contribution in [0, 0.1) is 0 Å². The Bertz CT molecular complexity index is 362. The van der Waals surface area contributed by atoms with E-state index < -0.39 is 0 Å². The van der Waals surface area contributed by atoms with Crippen LogP contribution in [0.1, 0.15) is 24.9 Å². The van der Waals surface area contributed by atoms with Crippen molar-refractivity contribution in [2.45, 2.75) is 19.4 Å². The molecule has 2 N–H and O–H groups in total. The third-order valence-electron chi connectivity index (χ3n) is 2.10. The van der Waals surface area contributed by atoms with Gasteiger partial charge in [0.15, 0.2) is 0 Å². The maximum atomic E-state index is 10.8. The normalized spacial score (nSPS) is 11.9. The Balaban J connectivity index is 2.72. The first-order valence-electron chi connectivity index (χ1n) is 5.02. The molecular weight excluding hydrogens is 268 g/mol. The number of carbonyl (C=O) groups excluding carboxylic acids is 1. The molecule has 16 heavy (non-hydrogen) atoms. The number of rotatable bonds is 5. The number of carbonyl (C=O) groups is 1. The van der Waals surface area contributed by atoms with Gasteiger partial charge in [0.2, 0.25) is 5.91 Å². The first kappa shape index (κ1) is 12.9. The summed E-state index contributed by atoms with van der Waals surface area (Å²) >= 11 is 3.39. The molecule has 86 valence electrons. The summed E-state index contributed by atoms with van der Waals surface area (Å²) in [5, 5.41) is 0. The lowest BCUT2D eigenvalue weighted by molar-refractivity contribution is -0.120. The molecule has 0 spiro atoms. The average Bonchev–Trinajstić information content (AvgIpc) is 2.25. The summed E-state index contributed by atoms with van der Waals surface area (Å²) in [5.74, 6) is -0.105. The predicted molar refractivity (Wildman–Crippen MR) is 68.6 cm³/mol. The minimum atomic E-state index is -0.105. The van der Waals surface area contributed by atoms with Gasteiger partial charge >= 0.3 is 0 Å². The SMILES string of the molecule is C=CC[C@@H](NNC(C)=O)c1ccc(Br)cc1. The van der Waals surface area contributed by atoms with Gasteiger partial charge in [-0.05, 0) is 24.1 Å². The maximum absolute atomic E-state index is 10.8. The summed E-state index contributed by atoms with van der Waals surface area (Å²) in [5.41, 5.74) is 6.67. The molecule has 0 bridgehead atoms. The molecule has 1 atom stereocenters. The van der Waals surface area contributed by atoms with Crippen molar-refractivity contribution in [2.75, 3.05) is 0 Å². The summed E-state index contributed by atoms with van der Waals surface area (Å²) in [7, 11) is 0. The van der Waals surface area contributed by atoms with Crippen LogP contribution in [0.4, 0.5) is 0 Å². The molecule has 0 radical (unpaired) electrons. The number of benzene rings is 1. The number of amides is 1. The molecule has 0 aliphatic heterocycles. The first-order valence-corrected chi connectivity index (χ1v) is 5.81. The van der Waals surface area contributed by atoms with Crippen LogP contribution in [-0.2, 0) is 4.79 Å². The van der Waals surface area contributed by atoms with Gasteiger partial charge in [0.05, 0.1) is 6.04 Å². The predicted octanol–water partition coefficient (Wildman–Crippen LogP) is 2.71. The zero-order chi connectivity index (χ0) is 12.0. The molecule has 0 fully saturated rings. The summed E-state index contributed by atoms with van der Waals surface area (Å²) in [6.07, 6.45) is 2.57. The van der Waals surface area contributed by atoms with E-state index in [0.29, 0.717) is 0 Å². The number of hydrazine groups is 1. The van der Waals surface area contributed by atoms with Crippen molar-refractivity contribution in [1.29, 1.82) is 0 Å². The zero-order valence-corrected chi connectivity index (χ0v) is 10.8. The molecule has 4 heteroatoms. The van der Waals surface area contributed by atoms with Gasteiger partial charge in [0.25, 0.3) is 0 Å². The number of nitrogens with one attached hydrogen (secondary N) is 2. The molecular formula is C12H15BrN2O. The molecule has 0 saturated carbocycles. The van der Waals surface area contributed by atoms with E-state index in [4.69, 9.17) is 0 Å². The molecule has 3 nitrogen and oxygen atoms in total. The van der Waals surface area contributed by atoms with Crippen molar-refractivity contribution in [3.05, 3.63) is 47.0 Å². The molecule has 1 aromatic rings. The monoisotopic (exact) mass is 282 g/mol. The van der Waals surface area contributed by atoms with E-state index >= 15 is 0 Å². The van der Waals surface area contributed by atoms with Gasteiger partial charge in [-0.25, -0.2) is 5.43 Å². The summed E-state index contributed by atoms with van der Waals surface area (Å²) in [6, 6.07) is 8.01. The topological polar surface area (TPSA) is 41.1 Å². The molecule has 0 unspecified atom stereocenters. The van der Waals surface area contributed by atoms with Crippen molar-refractivity contribution in [2.24, 2.45) is 0 Å². The third kappa shape index (κ3) is 4.16. The van der Waals surface area contributed by atoms with Crippen molar-refractivity contribution < 1.29 is 4.79 Å². The Morgan fingerprint density at radius 2 is 2.12 bits per heavy atom. The Kier molecular flexibility index (Phi) is 5.22. The molecule has 0 heterocycles. The minimum absolute atomic E-state index is 0.0505. The average molecular weight is 283 g/mol. The van der Waals surface area contributed by atoms with Crippen LogP contribution < -0.4 is 10.9 Å². The highest BCUT2D eigenvalue weighted by molar-refractivity contribution is 9.10. The lowest BCUT2D eigenvalue weighted by Gasteiger charge is -2.17. The highest BCUT2D eigenvalue weighted by Crippen LogP contribution is 2.19. The number of halogens is 1. The molecule has 1 aromatic carbocycles. The van der Waals surface area contributed by atoms with Gasteiger partial charge in [-0.1, -0.05) is 34.1 Å². The van der Waals surface area contributed by atoms with Crippen molar-refractivity contribution in [3.8, 4) is 0 Å². The van der Waals surface area contributed by atoms with E-state index in [1.165, 1.54) is 6.92 Å². The Hall–Kier alpha value is -1.13. The molecule has 0 aliphatic carbocycles. The molecule has 1 amide bonds. The molecule has 0 aromatic heterocycles. The lowest BCUT2D eigenvalue weighted by atomic mass is 10.0. The standard InChI is InChI=1S/C12H15BrN2O/c1-3-4-12(15-14-9(2)16)10-5-7-11(13)8-6-10/h3,5-8,12,15H,1,4H2,2H3,(H,14,16)/t12-/m1/s1. The van der Waals surface area contributed by atoms with Crippen LogP contribution in [0.3, 0.4) is 0 Å². The Labute approximate surface area is 104 Å². The second-order valence-electron chi connectivity index (χ2n) is 3.45. The molecule has 0 saturated heterocycles. The van der Waals surface area contributed by atoms with Crippen LogP contribution in [0.15, 0.2) is 41.4 Å². The maximum Gasteiger partial charge on any atom is 0.230 e. The highest BCUT2D eigenvalue weighted by Gasteiger charge is 2.09. The van der Waals surface area contributed by atoms with Crippen LogP contribution in [-0.4, -0.2) is 5.91 Å². The van der Waals surface area contributed by atoms with Crippen LogP contribution in [0.25, 0.3) is 0 Å². The van der Waals surface area contributed by atoms with E-state index in [1.807, 2.05) is 30.3 Å². The van der Waals surface area contributed by atoms with E-state index in [9.17, 15) is 4.79 Å². The molecule has 0 aliphatic rings. The lowest BCUT2D eigenvalue weighted by Crippen LogP contribution is -2.38.